The van der Waals surface area contributed by atoms with E-state index < -0.39 is 12.1 Å². The molecule has 2 aromatic rings. The van der Waals surface area contributed by atoms with Crippen molar-refractivity contribution in [2.45, 2.75) is 18.9 Å². The number of alkyl halides is 2. The highest BCUT2D eigenvalue weighted by atomic mass is 19.3. The smallest absolute Gasteiger partial charge is 0.279 e. The van der Waals surface area contributed by atoms with Crippen LogP contribution in [-0.4, -0.2) is 69.5 Å². The van der Waals surface area contributed by atoms with Crippen LogP contribution < -0.4 is 10.2 Å². The van der Waals surface area contributed by atoms with Crippen LogP contribution in [-0.2, 0) is 0 Å². The van der Waals surface area contributed by atoms with Gasteiger partial charge < -0.3 is 20.3 Å². The quantitative estimate of drug-likeness (QED) is 0.541. The van der Waals surface area contributed by atoms with Crippen LogP contribution >= 0.6 is 0 Å². The van der Waals surface area contributed by atoms with Crippen molar-refractivity contribution in [3.8, 4) is 11.4 Å². The first-order chi connectivity index (χ1) is 13.1. The minimum atomic E-state index is -2.81. The first-order valence-electron chi connectivity index (χ1n) is 8.58. The second kappa shape index (κ2) is 8.78. The molecule has 0 aliphatic carbocycles. The second-order valence-corrected chi connectivity index (χ2v) is 6.14. The van der Waals surface area contributed by atoms with E-state index in [1.165, 1.54) is 12.4 Å². The number of imidazole rings is 1. The number of rotatable bonds is 7. The number of aliphatic hydroxyl groups excluding tert-OH is 1. The van der Waals surface area contributed by atoms with Gasteiger partial charge in [0.05, 0.1) is 23.3 Å². The fourth-order valence-electron chi connectivity index (χ4n) is 2.84. The molecule has 0 aromatic carbocycles. The Hall–Kier alpha value is -2.72. The third kappa shape index (κ3) is 4.92. The molecule has 1 atom stereocenters. The lowest BCUT2D eigenvalue weighted by Crippen LogP contribution is -2.51. The van der Waals surface area contributed by atoms with Crippen LogP contribution in [0.1, 0.15) is 12.2 Å². The van der Waals surface area contributed by atoms with Crippen molar-refractivity contribution < 1.29 is 13.9 Å². The molecule has 3 heterocycles. The molecule has 0 spiro atoms. The summed E-state index contributed by atoms with van der Waals surface area (Å²) in [5.74, 6) is 1.14. The zero-order valence-electron chi connectivity index (χ0n) is 14.6. The molecule has 27 heavy (non-hydrogen) atoms. The van der Waals surface area contributed by atoms with E-state index >= 15 is 0 Å². The van der Waals surface area contributed by atoms with E-state index in [-0.39, 0.29) is 12.6 Å². The van der Waals surface area contributed by atoms with Gasteiger partial charge in [0.2, 0.25) is 0 Å². The van der Waals surface area contributed by atoms with Crippen molar-refractivity contribution in [1.82, 2.24) is 25.3 Å². The lowest BCUT2D eigenvalue weighted by molar-refractivity contribution is 0.226. The number of H-pyrrole nitrogens is 1. The first-order valence-corrected chi connectivity index (χ1v) is 8.58. The Morgan fingerprint density at radius 1 is 1.41 bits per heavy atom. The Morgan fingerprint density at radius 2 is 2.26 bits per heavy atom. The number of allylic oxidation sites excluding steroid dienone is 1. The number of piperazine rings is 1. The summed E-state index contributed by atoms with van der Waals surface area (Å²) in [7, 11) is 0. The summed E-state index contributed by atoms with van der Waals surface area (Å²) in [5, 5.41) is 19.6. The summed E-state index contributed by atoms with van der Waals surface area (Å²) >= 11 is 0. The summed E-state index contributed by atoms with van der Waals surface area (Å²) in [6, 6.07) is 2.04. The minimum absolute atomic E-state index is 0.133. The summed E-state index contributed by atoms with van der Waals surface area (Å²) in [6.45, 7) is 2.47. The predicted molar refractivity (Wildman–Crippen MR) is 98.1 cm³/mol. The highest BCUT2D eigenvalue weighted by molar-refractivity contribution is 5.97. The predicted octanol–water partition coefficient (Wildman–Crippen LogP) is 1.33. The molecule has 0 amide bonds. The Labute approximate surface area is 154 Å². The summed E-state index contributed by atoms with van der Waals surface area (Å²) in [4.78, 5) is 17.8. The summed E-state index contributed by atoms with van der Waals surface area (Å²) < 4.78 is 24.7. The molecule has 1 aliphatic heterocycles. The van der Waals surface area contributed by atoms with Crippen LogP contribution in [0.2, 0.25) is 0 Å². The molecule has 1 unspecified atom stereocenters. The SMILES string of the molecule is N=C(/C=C\c1ncc(-c2cc(N3CCNC(CCO)C3)ncn2)[nH]1)C(F)F. The molecule has 0 radical (unpaired) electrons. The number of hydrogen-bond donors (Lipinski definition) is 4. The van der Waals surface area contributed by atoms with Crippen molar-refractivity contribution in [2.24, 2.45) is 0 Å². The molecule has 3 rings (SSSR count). The molecule has 0 saturated carbocycles. The normalized spacial score (nSPS) is 17.8. The number of halogens is 2. The lowest BCUT2D eigenvalue weighted by atomic mass is 10.1. The molecular formula is C17H21F2N7O. The second-order valence-electron chi connectivity index (χ2n) is 6.14. The number of anilines is 1. The van der Waals surface area contributed by atoms with Gasteiger partial charge in [-0.25, -0.2) is 23.7 Å². The number of nitrogens with zero attached hydrogens (tertiary/aromatic N) is 4. The Balaban J connectivity index is 1.73. The maximum Gasteiger partial charge on any atom is 0.279 e. The van der Waals surface area contributed by atoms with Gasteiger partial charge in [-0.3, -0.25) is 5.41 Å². The Morgan fingerprint density at radius 3 is 3.04 bits per heavy atom. The monoisotopic (exact) mass is 377 g/mol. The van der Waals surface area contributed by atoms with E-state index in [2.05, 4.69) is 30.2 Å². The van der Waals surface area contributed by atoms with Crippen LogP contribution in [0, 0.1) is 5.41 Å². The molecule has 2 aromatic heterocycles. The largest absolute Gasteiger partial charge is 0.396 e. The number of aromatic nitrogens is 4. The molecule has 8 nitrogen and oxygen atoms in total. The fraction of sp³-hybridized carbons (Fsp3) is 0.412. The van der Waals surface area contributed by atoms with Crippen LogP contribution in [0.4, 0.5) is 14.6 Å². The molecule has 10 heteroatoms. The van der Waals surface area contributed by atoms with Gasteiger partial charge in [0, 0.05) is 38.3 Å². The number of hydrogen-bond acceptors (Lipinski definition) is 7. The van der Waals surface area contributed by atoms with Crippen molar-refractivity contribution in [2.75, 3.05) is 31.1 Å². The number of nitrogens with one attached hydrogen (secondary N) is 3. The van der Waals surface area contributed by atoms with E-state index in [4.69, 9.17) is 10.5 Å². The third-order valence-corrected chi connectivity index (χ3v) is 4.24. The van der Waals surface area contributed by atoms with Gasteiger partial charge in [-0.2, -0.15) is 0 Å². The number of aromatic amines is 1. The summed E-state index contributed by atoms with van der Waals surface area (Å²) in [5.41, 5.74) is 0.491. The first kappa shape index (κ1) is 19.1. The highest BCUT2D eigenvalue weighted by Gasteiger charge is 2.20. The van der Waals surface area contributed by atoms with Gasteiger partial charge in [-0.05, 0) is 18.6 Å². The van der Waals surface area contributed by atoms with E-state index in [1.54, 1.807) is 6.20 Å². The average molecular weight is 377 g/mol. The van der Waals surface area contributed by atoms with E-state index in [9.17, 15) is 8.78 Å². The maximum absolute atomic E-state index is 12.4. The maximum atomic E-state index is 12.4. The number of aliphatic hydroxyl groups is 1. The van der Waals surface area contributed by atoms with E-state index in [0.29, 0.717) is 23.6 Å². The van der Waals surface area contributed by atoms with E-state index in [0.717, 1.165) is 31.5 Å². The molecular weight excluding hydrogens is 356 g/mol. The van der Waals surface area contributed by atoms with Gasteiger partial charge in [-0.1, -0.05) is 0 Å². The zero-order chi connectivity index (χ0) is 19.2. The topological polar surface area (TPSA) is 114 Å². The molecule has 1 saturated heterocycles. The van der Waals surface area contributed by atoms with Crippen LogP contribution in [0.3, 0.4) is 0 Å². The van der Waals surface area contributed by atoms with Crippen LogP contribution in [0.5, 0.6) is 0 Å². The Bertz CT molecular complexity index is 806. The molecule has 0 bridgehead atoms. The molecule has 1 aliphatic rings. The van der Waals surface area contributed by atoms with Gasteiger partial charge in [0.15, 0.2) is 0 Å². The molecule has 1 fully saturated rings. The van der Waals surface area contributed by atoms with Crippen molar-refractivity contribution in [3.63, 3.8) is 0 Å². The summed E-state index contributed by atoms with van der Waals surface area (Å²) in [6.07, 6.45) is 3.24. The zero-order valence-corrected chi connectivity index (χ0v) is 14.6. The fourth-order valence-corrected chi connectivity index (χ4v) is 2.84. The van der Waals surface area contributed by atoms with Gasteiger partial charge in [-0.15, -0.1) is 0 Å². The van der Waals surface area contributed by atoms with E-state index in [1.807, 2.05) is 6.07 Å². The average Bonchev–Trinajstić information content (AvgIpc) is 3.16. The van der Waals surface area contributed by atoms with Gasteiger partial charge in [0.25, 0.3) is 6.43 Å². The van der Waals surface area contributed by atoms with Crippen molar-refractivity contribution in [1.29, 1.82) is 5.41 Å². The highest BCUT2D eigenvalue weighted by Crippen LogP contribution is 2.20. The Kier molecular flexibility index (Phi) is 6.20. The van der Waals surface area contributed by atoms with Crippen LogP contribution in [0.15, 0.2) is 24.7 Å². The van der Waals surface area contributed by atoms with Crippen LogP contribution in [0.25, 0.3) is 17.5 Å². The van der Waals surface area contributed by atoms with Gasteiger partial charge in [0.1, 0.15) is 18.0 Å². The van der Waals surface area contributed by atoms with Crippen molar-refractivity contribution in [3.05, 3.63) is 30.5 Å². The molecule has 144 valence electrons. The standard InChI is InChI=1S/C17H21F2N7O/c18-17(19)12(20)1-2-15-22-8-14(25-15)13-7-16(24-10-23-13)26-5-4-21-11(9-26)3-6-27/h1-2,7-8,10-11,17,20-21,27H,3-6,9H2,(H,22,25)/b2-1-,20-12?. The van der Waals surface area contributed by atoms with Crippen molar-refractivity contribution >= 4 is 17.6 Å². The van der Waals surface area contributed by atoms with Gasteiger partial charge >= 0.3 is 0 Å². The third-order valence-electron chi connectivity index (χ3n) is 4.24. The lowest BCUT2D eigenvalue weighted by Gasteiger charge is -2.34. The molecule has 4 N–H and O–H groups in total. The minimum Gasteiger partial charge on any atom is -0.396 e.